The number of rotatable bonds is 4. The number of pyridine rings is 1. The van der Waals surface area contributed by atoms with Crippen LogP contribution in [0.25, 0.3) is 10.9 Å². The van der Waals surface area contributed by atoms with E-state index in [4.69, 9.17) is 0 Å². The lowest BCUT2D eigenvalue weighted by atomic mass is 9.75. The van der Waals surface area contributed by atoms with Gasteiger partial charge >= 0.3 is 12.4 Å². The van der Waals surface area contributed by atoms with Gasteiger partial charge in [0.25, 0.3) is 5.56 Å². The van der Waals surface area contributed by atoms with Gasteiger partial charge in [-0.15, -0.1) is 0 Å². The summed E-state index contributed by atoms with van der Waals surface area (Å²) in [4.78, 5) is 21.0. The minimum atomic E-state index is -4.81. The average molecular weight is 486 g/mol. The maximum Gasteiger partial charge on any atom is 0.417 e. The quantitative estimate of drug-likeness (QED) is 0.524. The molecule has 0 spiro atoms. The molecule has 4 rings (SSSR count). The lowest BCUT2D eigenvalue weighted by Gasteiger charge is -2.44. The zero-order valence-electron chi connectivity index (χ0n) is 18.1. The van der Waals surface area contributed by atoms with Crippen LogP contribution < -0.4 is 10.9 Å². The molecule has 1 aromatic carbocycles. The molecular weight excluding hydrogens is 466 g/mol. The van der Waals surface area contributed by atoms with Crippen molar-refractivity contribution in [2.75, 3.05) is 5.32 Å². The molecule has 3 aromatic rings. The summed E-state index contributed by atoms with van der Waals surface area (Å²) in [6.45, 7) is 2.91. The van der Waals surface area contributed by atoms with Crippen molar-refractivity contribution in [3.8, 4) is 0 Å². The second kappa shape index (κ2) is 7.97. The smallest absolute Gasteiger partial charge is 0.380 e. The lowest BCUT2D eigenvalue weighted by molar-refractivity contribution is -0.296. The second-order valence-electron chi connectivity index (χ2n) is 8.47. The van der Waals surface area contributed by atoms with E-state index in [1.165, 1.54) is 25.3 Å². The minimum absolute atomic E-state index is 0.0162. The molecule has 34 heavy (non-hydrogen) atoms. The Hall–Kier alpha value is -3.15. The van der Waals surface area contributed by atoms with Gasteiger partial charge in [0.05, 0.1) is 16.5 Å². The molecule has 0 unspecified atom stereocenters. The number of fused-ring (bicyclic) bond motifs is 1. The molecule has 0 amide bonds. The number of aliphatic hydroxyl groups is 1. The fraction of sp³-hybridized carbons (Fsp3) is 0.409. The Morgan fingerprint density at radius 3 is 2.44 bits per heavy atom. The predicted molar refractivity (Wildman–Crippen MR) is 111 cm³/mol. The van der Waals surface area contributed by atoms with Crippen molar-refractivity contribution < 1.29 is 31.4 Å². The van der Waals surface area contributed by atoms with Gasteiger partial charge in [-0.3, -0.25) is 4.79 Å². The van der Waals surface area contributed by atoms with Crippen LogP contribution in [0.5, 0.6) is 0 Å². The first-order valence-corrected chi connectivity index (χ1v) is 10.3. The van der Waals surface area contributed by atoms with E-state index in [1.54, 1.807) is 6.92 Å². The first-order valence-electron chi connectivity index (χ1n) is 10.3. The Morgan fingerprint density at radius 2 is 1.82 bits per heavy atom. The molecule has 1 aliphatic rings. The van der Waals surface area contributed by atoms with E-state index >= 15 is 0 Å². The predicted octanol–water partition coefficient (Wildman–Crippen LogP) is 4.67. The van der Waals surface area contributed by atoms with Crippen LogP contribution in [0.15, 0.2) is 35.3 Å². The summed E-state index contributed by atoms with van der Waals surface area (Å²) in [6, 6.07) is 4.11. The normalized spacial score (nSPS) is 20.9. The minimum Gasteiger partial charge on any atom is -0.380 e. The van der Waals surface area contributed by atoms with Gasteiger partial charge in [0.2, 0.25) is 0 Å². The van der Waals surface area contributed by atoms with Gasteiger partial charge in [0, 0.05) is 37.7 Å². The van der Waals surface area contributed by atoms with Gasteiger partial charge in [-0.25, -0.2) is 9.97 Å². The van der Waals surface area contributed by atoms with E-state index in [9.17, 15) is 36.2 Å². The van der Waals surface area contributed by atoms with Crippen molar-refractivity contribution in [3.05, 3.63) is 63.3 Å². The molecular formula is C22H20F6N4O2. The van der Waals surface area contributed by atoms with E-state index in [1.807, 2.05) is 0 Å². The Balaban J connectivity index is 1.67. The molecule has 182 valence electrons. The number of aryl methyl sites for hydroxylation is 1. The zero-order chi connectivity index (χ0) is 25.1. The number of hydrogen-bond acceptors (Lipinski definition) is 5. The van der Waals surface area contributed by atoms with Crippen LogP contribution in [0, 0.1) is 13.8 Å². The van der Waals surface area contributed by atoms with Crippen molar-refractivity contribution >= 4 is 16.7 Å². The van der Waals surface area contributed by atoms with Crippen LogP contribution in [0.1, 0.15) is 41.4 Å². The highest BCUT2D eigenvalue weighted by atomic mass is 19.4. The summed E-state index contributed by atoms with van der Waals surface area (Å²) < 4.78 is 79.7. The standard InChI is InChI=1S/C22H20F6N4O2/c1-11-13(4-3-5-16(11)21(23,24)25)9-29-19-15-10-32(14-7-20(34,8-14)22(26,27)28)18(33)6-17(15)30-12(2)31-19/h3-6,10,14,34H,7-9H2,1-2H3,(H,29,30,31). The first-order chi connectivity index (χ1) is 15.7. The van der Waals surface area contributed by atoms with E-state index in [-0.39, 0.29) is 23.4 Å². The molecule has 0 radical (unpaired) electrons. The molecule has 0 aliphatic heterocycles. The summed E-state index contributed by atoms with van der Waals surface area (Å²) in [6.07, 6.45) is -9.32. The summed E-state index contributed by atoms with van der Waals surface area (Å²) >= 11 is 0. The fourth-order valence-electron chi connectivity index (χ4n) is 4.16. The molecule has 0 atom stereocenters. The number of hydrogen-bond donors (Lipinski definition) is 2. The second-order valence-corrected chi connectivity index (χ2v) is 8.47. The largest absolute Gasteiger partial charge is 0.417 e. The molecule has 1 saturated carbocycles. The third kappa shape index (κ3) is 4.22. The third-order valence-corrected chi connectivity index (χ3v) is 6.14. The van der Waals surface area contributed by atoms with E-state index in [2.05, 4.69) is 15.3 Å². The van der Waals surface area contributed by atoms with E-state index in [0.29, 0.717) is 16.8 Å². The fourth-order valence-corrected chi connectivity index (χ4v) is 4.16. The van der Waals surface area contributed by atoms with E-state index in [0.717, 1.165) is 16.7 Å². The molecule has 6 nitrogen and oxygen atoms in total. The van der Waals surface area contributed by atoms with Crippen LogP contribution in [0.4, 0.5) is 32.2 Å². The van der Waals surface area contributed by atoms with Gasteiger partial charge in [-0.1, -0.05) is 12.1 Å². The summed E-state index contributed by atoms with van der Waals surface area (Å²) in [5.74, 6) is 0.515. The summed E-state index contributed by atoms with van der Waals surface area (Å²) in [7, 11) is 0. The highest BCUT2D eigenvalue weighted by molar-refractivity contribution is 5.88. The third-order valence-electron chi connectivity index (χ3n) is 6.14. The summed E-state index contributed by atoms with van der Waals surface area (Å²) in [5, 5.41) is 13.0. The maximum atomic E-state index is 13.2. The average Bonchev–Trinajstić information content (AvgIpc) is 2.68. The van der Waals surface area contributed by atoms with Gasteiger partial charge in [-0.2, -0.15) is 26.3 Å². The topological polar surface area (TPSA) is 80.0 Å². The SMILES string of the molecule is Cc1nc(NCc2cccc(C(F)(F)F)c2C)c2cn(C3CC(O)(C(F)(F)F)C3)c(=O)cc2n1. The van der Waals surface area contributed by atoms with E-state index < -0.39 is 48.0 Å². The number of nitrogens with zero attached hydrogens (tertiary/aromatic N) is 3. The Bertz CT molecular complexity index is 1310. The van der Waals surface area contributed by atoms with Crippen LogP contribution in [0.3, 0.4) is 0 Å². The highest BCUT2D eigenvalue weighted by Gasteiger charge is 2.61. The first kappa shape index (κ1) is 24.0. The number of halogens is 6. The lowest BCUT2D eigenvalue weighted by Crippen LogP contribution is -2.56. The van der Waals surface area contributed by atoms with Crippen LogP contribution >= 0.6 is 0 Å². The molecule has 0 bridgehead atoms. The van der Waals surface area contributed by atoms with Crippen molar-refractivity contribution in [1.82, 2.24) is 14.5 Å². The van der Waals surface area contributed by atoms with Gasteiger partial charge in [0.1, 0.15) is 11.6 Å². The maximum absolute atomic E-state index is 13.2. The highest BCUT2D eigenvalue weighted by Crippen LogP contribution is 2.50. The van der Waals surface area contributed by atoms with Crippen molar-refractivity contribution in [2.24, 2.45) is 0 Å². The molecule has 2 heterocycles. The number of alkyl halides is 6. The Morgan fingerprint density at radius 1 is 1.15 bits per heavy atom. The van der Waals surface area contributed by atoms with Gasteiger partial charge in [-0.05, 0) is 31.0 Å². The molecule has 2 N–H and O–H groups in total. The van der Waals surface area contributed by atoms with Crippen LogP contribution in [0.2, 0.25) is 0 Å². The van der Waals surface area contributed by atoms with Gasteiger partial charge < -0.3 is 15.0 Å². The monoisotopic (exact) mass is 486 g/mol. The zero-order valence-corrected chi connectivity index (χ0v) is 18.1. The number of benzene rings is 1. The Labute approximate surface area is 189 Å². The molecule has 0 saturated heterocycles. The van der Waals surface area contributed by atoms with Crippen molar-refractivity contribution in [2.45, 2.75) is 57.2 Å². The van der Waals surface area contributed by atoms with Gasteiger partial charge in [0.15, 0.2) is 5.60 Å². The van der Waals surface area contributed by atoms with Crippen LogP contribution in [-0.4, -0.2) is 31.4 Å². The molecule has 1 aliphatic carbocycles. The van der Waals surface area contributed by atoms with Crippen molar-refractivity contribution in [1.29, 1.82) is 0 Å². The molecule has 12 heteroatoms. The Kier molecular flexibility index (Phi) is 5.62. The number of nitrogens with one attached hydrogen (secondary N) is 1. The molecule has 2 aromatic heterocycles. The summed E-state index contributed by atoms with van der Waals surface area (Å²) in [5.41, 5.74) is -3.52. The number of anilines is 1. The van der Waals surface area contributed by atoms with Crippen LogP contribution in [-0.2, 0) is 12.7 Å². The van der Waals surface area contributed by atoms with Crippen molar-refractivity contribution in [3.63, 3.8) is 0 Å². The molecule has 1 fully saturated rings. The number of aromatic nitrogens is 3.